The fourth-order valence-electron chi connectivity index (χ4n) is 5.23. The van der Waals surface area contributed by atoms with E-state index in [0.717, 1.165) is 22.0 Å². The van der Waals surface area contributed by atoms with Crippen molar-refractivity contribution in [3.8, 4) is 11.5 Å². The van der Waals surface area contributed by atoms with Crippen LogP contribution in [0.2, 0.25) is 0 Å². The lowest BCUT2D eigenvalue weighted by atomic mass is 9.82. The molecule has 234 valence electrons. The molecule has 1 heterocycles. The molecule has 2 atom stereocenters. The van der Waals surface area contributed by atoms with Gasteiger partial charge in [-0.1, -0.05) is 76.1 Å². The minimum atomic E-state index is -1.36. The van der Waals surface area contributed by atoms with Crippen LogP contribution >= 0.6 is 15.9 Å². The summed E-state index contributed by atoms with van der Waals surface area (Å²) >= 11 is 3.68. The number of halogens is 1. The molecule has 0 aromatic heterocycles. The summed E-state index contributed by atoms with van der Waals surface area (Å²) in [4.78, 5) is 19.5. The number of aliphatic imine (C=N–C) groups is 1. The number of nitrogens with zero attached hydrogens (tertiary/aromatic N) is 1. The Labute approximate surface area is 272 Å². The van der Waals surface area contributed by atoms with Crippen LogP contribution in [0.4, 0.5) is 0 Å². The smallest absolute Gasteiger partial charge is 0.266 e. The second kappa shape index (κ2) is 15.2. The predicted molar refractivity (Wildman–Crippen MR) is 179 cm³/mol. The normalized spacial score (nSPS) is 17.3. The zero-order valence-electron chi connectivity index (χ0n) is 25.5. The number of aryl methyl sites for hydroxylation is 1. The maximum absolute atomic E-state index is 14.4. The molecule has 0 saturated heterocycles. The van der Waals surface area contributed by atoms with Gasteiger partial charge in [-0.05, 0) is 72.5 Å². The Morgan fingerprint density at radius 1 is 1.00 bits per heavy atom. The molecule has 3 N–H and O–H groups in total. The molecule has 0 aliphatic carbocycles. The number of rotatable bonds is 14. The van der Waals surface area contributed by atoms with Crippen LogP contribution in [0, 0.1) is 6.92 Å². The van der Waals surface area contributed by atoms with Crippen molar-refractivity contribution in [1.82, 2.24) is 10.9 Å². The van der Waals surface area contributed by atoms with Crippen LogP contribution in [-0.4, -0.2) is 49.3 Å². The molecule has 5 rings (SSSR count). The average molecular weight is 673 g/mol. The first-order valence-corrected chi connectivity index (χ1v) is 15.8. The highest BCUT2D eigenvalue weighted by molar-refractivity contribution is 9.10. The third kappa shape index (κ3) is 7.92. The number of aliphatic hydroxyl groups excluding tert-OH is 1. The quantitative estimate of drug-likeness (QED) is 0.114. The summed E-state index contributed by atoms with van der Waals surface area (Å²) in [6, 6.07) is 31.1. The van der Waals surface area contributed by atoms with Crippen molar-refractivity contribution in [2.45, 2.75) is 37.8 Å². The number of nitrogens with one attached hydrogen (secondary N) is 2. The number of ether oxygens (including phenoxy) is 3. The highest BCUT2D eigenvalue weighted by atomic mass is 79.9. The zero-order chi connectivity index (χ0) is 31.6. The lowest BCUT2D eigenvalue weighted by molar-refractivity contribution is -0.130. The summed E-state index contributed by atoms with van der Waals surface area (Å²) in [6.07, 6.45) is 0.808. The number of methoxy groups -OCH3 is 1. The fourth-order valence-corrected chi connectivity index (χ4v) is 5.66. The first kappa shape index (κ1) is 32.2. The Morgan fingerprint density at radius 3 is 2.51 bits per heavy atom. The summed E-state index contributed by atoms with van der Waals surface area (Å²) in [5.74, 6) is 1.37. The van der Waals surface area contributed by atoms with Crippen LogP contribution in [0.25, 0.3) is 0 Å². The molecule has 45 heavy (non-hydrogen) atoms. The Kier molecular flexibility index (Phi) is 10.9. The molecule has 0 spiro atoms. The molecule has 0 radical (unpaired) electrons. The van der Waals surface area contributed by atoms with Gasteiger partial charge in [0.25, 0.3) is 5.91 Å². The number of carbonyl (C=O) groups is 1. The first-order chi connectivity index (χ1) is 21.9. The van der Waals surface area contributed by atoms with Gasteiger partial charge in [0.15, 0.2) is 11.6 Å². The van der Waals surface area contributed by atoms with Gasteiger partial charge < -0.3 is 19.3 Å². The summed E-state index contributed by atoms with van der Waals surface area (Å²) < 4.78 is 18.7. The van der Waals surface area contributed by atoms with Crippen molar-refractivity contribution in [2.24, 2.45) is 4.99 Å². The monoisotopic (exact) mass is 671 g/mol. The van der Waals surface area contributed by atoms with Gasteiger partial charge in [-0.3, -0.25) is 10.2 Å². The van der Waals surface area contributed by atoms with Gasteiger partial charge in [0.05, 0.1) is 13.7 Å². The summed E-state index contributed by atoms with van der Waals surface area (Å²) in [6.45, 7) is 3.08. The van der Waals surface area contributed by atoms with Crippen LogP contribution in [0.15, 0.2) is 107 Å². The highest BCUT2D eigenvalue weighted by Crippen LogP contribution is 2.44. The Hall–Kier alpha value is -4.18. The zero-order valence-corrected chi connectivity index (χ0v) is 27.0. The minimum Gasteiger partial charge on any atom is -0.497 e. The summed E-state index contributed by atoms with van der Waals surface area (Å²) in [5.41, 5.74) is 9.51. The van der Waals surface area contributed by atoms with E-state index in [4.69, 9.17) is 24.3 Å². The van der Waals surface area contributed by atoms with Gasteiger partial charge in [-0.25, -0.2) is 10.4 Å². The number of benzene rings is 4. The van der Waals surface area contributed by atoms with Crippen molar-refractivity contribution in [3.05, 3.63) is 129 Å². The highest BCUT2D eigenvalue weighted by Gasteiger charge is 2.53. The van der Waals surface area contributed by atoms with Gasteiger partial charge in [-0.2, -0.15) is 0 Å². The minimum absolute atomic E-state index is 0.0663. The van der Waals surface area contributed by atoms with E-state index in [2.05, 4.69) is 58.0 Å². The van der Waals surface area contributed by atoms with Crippen LogP contribution in [-0.2, 0) is 22.4 Å². The standard InChI is InChI=1S/C36H38BrN3O5/c1-25-11-13-26(14-12-25)19-20-38-40-35(42)36(24-29-7-3-4-10-32(29)37)33(28-8-5-9-31(23-28)43-2)45-34(39-36)27-15-17-30(18-16-27)44-22-6-21-41/h3-5,7-18,23,33,38,41H,6,19-22,24H2,1-2H3,(H,40,42)/t33-,36-/m0/s1. The van der Waals surface area contributed by atoms with Crippen LogP contribution in [0.3, 0.4) is 0 Å². The van der Waals surface area contributed by atoms with Gasteiger partial charge in [0.2, 0.25) is 5.90 Å². The molecule has 0 unspecified atom stereocenters. The number of aliphatic hydroxyl groups is 1. The van der Waals surface area contributed by atoms with Crippen molar-refractivity contribution in [1.29, 1.82) is 0 Å². The van der Waals surface area contributed by atoms with Gasteiger partial charge in [0, 0.05) is 36.0 Å². The average Bonchev–Trinajstić information content (AvgIpc) is 3.46. The molecule has 1 amide bonds. The van der Waals surface area contributed by atoms with E-state index in [0.29, 0.717) is 42.5 Å². The molecule has 4 aromatic rings. The molecule has 0 saturated carbocycles. The Balaban J connectivity index is 1.49. The Morgan fingerprint density at radius 2 is 1.78 bits per heavy atom. The van der Waals surface area contributed by atoms with E-state index < -0.39 is 11.6 Å². The van der Waals surface area contributed by atoms with Crippen molar-refractivity contribution in [2.75, 3.05) is 26.9 Å². The van der Waals surface area contributed by atoms with E-state index in [1.165, 1.54) is 11.1 Å². The second-order valence-corrected chi connectivity index (χ2v) is 11.8. The topological polar surface area (TPSA) is 101 Å². The summed E-state index contributed by atoms with van der Waals surface area (Å²) in [5, 5.41) is 9.07. The molecule has 0 bridgehead atoms. The van der Waals surface area contributed by atoms with Gasteiger partial charge in [-0.15, -0.1) is 0 Å². The van der Waals surface area contributed by atoms with Gasteiger partial charge in [0.1, 0.15) is 11.5 Å². The number of hydrogen-bond donors (Lipinski definition) is 3. The fraction of sp³-hybridized carbons (Fsp3) is 0.278. The summed E-state index contributed by atoms with van der Waals surface area (Å²) in [7, 11) is 1.61. The maximum atomic E-state index is 14.4. The third-order valence-electron chi connectivity index (χ3n) is 7.71. The molecule has 0 fully saturated rings. The molecular weight excluding hydrogens is 634 g/mol. The third-order valence-corrected chi connectivity index (χ3v) is 8.48. The lowest BCUT2D eigenvalue weighted by Crippen LogP contribution is -2.54. The number of carbonyl (C=O) groups excluding carboxylic acids is 1. The van der Waals surface area contributed by atoms with E-state index in [9.17, 15) is 4.79 Å². The van der Waals surface area contributed by atoms with Crippen LogP contribution in [0.5, 0.6) is 11.5 Å². The largest absolute Gasteiger partial charge is 0.497 e. The second-order valence-electron chi connectivity index (χ2n) is 11.0. The molecule has 1 aliphatic rings. The molecule has 1 aliphatic heterocycles. The van der Waals surface area contributed by atoms with E-state index in [1.807, 2.05) is 72.8 Å². The maximum Gasteiger partial charge on any atom is 0.266 e. The number of hydrazine groups is 1. The Bertz CT molecular complexity index is 1610. The van der Waals surface area contributed by atoms with Crippen molar-refractivity contribution >= 4 is 27.7 Å². The molecule has 8 nitrogen and oxygen atoms in total. The van der Waals surface area contributed by atoms with Crippen LogP contribution < -0.4 is 20.3 Å². The van der Waals surface area contributed by atoms with Crippen molar-refractivity contribution < 1.29 is 24.1 Å². The number of hydrogen-bond acceptors (Lipinski definition) is 7. The molecule has 4 aromatic carbocycles. The lowest BCUT2D eigenvalue weighted by Gasteiger charge is -2.31. The van der Waals surface area contributed by atoms with Crippen molar-refractivity contribution in [3.63, 3.8) is 0 Å². The van der Waals surface area contributed by atoms with E-state index in [1.54, 1.807) is 7.11 Å². The molecule has 9 heteroatoms. The SMILES string of the molecule is COc1cccc([C@@H]2OC(c3ccc(OCCCO)cc3)=N[C@]2(Cc2ccccc2Br)C(=O)NNCCc2ccc(C)cc2)c1. The predicted octanol–water partition coefficient (Wildman–Crippen LogP) is 5.89. The first-order valence-electron chi connectivity index (χ1n) is 15.0. The van der Waals surface area contributed by atoms with Crippen LogP contribution in [0.1, 0.15) is 40.3 Å². The molecular formula is C36H38BrN3O5. The van der Waals surface area contributed by atoms with E-state index in [-0.39, 0.29) is 18.9 Å². The number of amides is 1. The van der Waals surface area contributed by atoms with E-state index >= 15 is 0 Å². The van der Waals surface area contributed by atoms with Gasteiger partial charge >= 0.3 is 0 Å².